The Hall–Kier alpha value is -1.66. The highest BCUT2D eigenvalue weighted by Gasteiger charge is 2.30. The Balaban J connectivity index is 2.91. The third kappa shape index (κ3) is 5.69. The molecule has 0 heterocycles. The summed E-state index contributed by atoms with van der Waals surface area (Å²) in [5.41, 5.74) is 5.95. The Morgan fingerprint density at radius 2 is 1.95 bits per heavy atom. The SMILES string of the molecule is CC(C)(C)OC(=O)N(C(N)=S)C(CO)Cc1ccccc1. The third-order valence-corrected chi connectivity index (χ3v) is 2.91. The molecule has 0 bridgehead atoms. The maximum atomic E-state index is 12.2. The fourth-order valence-corrected chi connectivity index (χ4v) is 2.08. The molecule has 1 aromatic carbocycles. The van der Waals surface area contributed by atoms with Crippen molar-refractivity contribution in [2.24, 2.45) is 5.73 Å². The summed E-state index contributed by atoms with van der Waals surface area (Å²) in [6.07, 6.45) is -0.210. The number of thiocarbonyl (C=S) groups is 1. The molecule has 116 valence electrons. The second kappa shape index (κ2) is 7.38. The number of hydrogen-bond donors (Lipinski definition) is 2. The summed E-state index contributed by atoms with van der Waals surface area (Å²) < 4.78 is 5.29. The fourth-order valence-electron chi connectivity index (χ4n) is 1.85. The van der Waals surface area contributed by atoms with E-state index in [0.717, 1.165) is 10.5 Å². The van der Waals surface area contributed by atoms with Crippen LogP contribution in [0.4, 0.5) is 4.79 Å². The van der Waals surface area contributed by atoms with Gasteiger partial charge >= 0.3 is 6.09 Å². The molecule has 0 radical (unpaired) electrons. The summed E-state index contributed by atoms with van der Waals surface area (Å²) in [4.78, 5) is 13.3. The Morgan fingerprint density at radius 3 is 2.38 bits per heavy atom. The van der Waals surface area contributed by atoms with Gasteiger partial charge in [-0.05, 0) is 45.0 Å². The topological polar surface area (TPSA) is 75.8 Å². The molecule has 1 aromatic rings. The van der Waals surface area contributed by atoms with Crippen molar-refractivity contribution >= 4 is 23.4 Å². The van der Waals surface area contributed by atoms with E-state index < -0.39 is 17.7 Å². The number of aliphatic hydroxyl groups is 1. The number of carbonyl (C=O) groups excluding carboxylic acids is 1. The second-order valence-corrected chi connectivity index (χ2v) is 6.13. The van der Waals surface area contributed by atoms with E-state index in [4.69, 9.17) is 22.7 Å². The molecule has 0 saturated heterocycles. The van der Waals surface area contributed by atoms with Crippen LogP contribution < -0.4 is 5.73 Å². The summed E-state index contributed by atoms with van der Waals surface area (Å²) in [5, 5.41) is 9.48. The van der Waals surface area contributed by atoms with E-state index in [1.807, 2.05) is 30.3 Å². The van der Waals surface area contributed by atoms with Crippen LogP contribution in [-0.2, 0) is 11.2 Å². The first-order valence-corrected chi connectivity index (χ1v) is 7.12. The molecule has 3 N–H and O–H groups in total. The zero-order valence-corrected chi connectivity index (χ0v) is 13.4. The first kappa shape index (κ1) is 17.4. The third-order valence-electron chi connectivity index (χ3n) is 2.72. The van der Waals surface area contributed by atoms with Crippen LogP contribution in [0.3, 0.4) is 0 Å². The molecule has 0 saturated carbocycles. The minimum atomic E-state index is -0.660. The zero-order valence-electron chi connectivity index (χ0n) is 12.6. The second-order valence-electron chi connectivity index (χ2n) is 5.71. The number of nitrogens with two attached hydrogens (primary N) is 1. The van der Waals surface area contributed by atoms with Crippen LogP contribution in [0.15, 0.2) is 30.3 Å². The highest BCUT2D eigenvalue weighted by atomic mass is 32.1. The van der Waals surface area contributed by atoms with Gasteiger partial charge in [0.15, 0.2) is 5.11 Å². The molecule has 0 aliphatic rings. The number of carbonyl (C=O) groups is 1. The van der Waals surface area contributed by atoms with E-state index in [-0.39, 0.29) is 11.7 Å². The van der Waals surface area contributed by atoms with E-state index in [0.29, 0.717) is 6.42 Å². The standard InChI is InChI=1S/C15H22N2O3S/c1-15(2,3)20-14(19)17(13(16)21)12(10-18)9-11-7-5-4-6-8-11/h4-8,12,18H,9-10H2,1-3H3,(H2,16,21). The molecule has 0 aliphatic heterocycles. The summed E-state index contributed by atoms with van der Waals surface area (Å²) in [6, 6.07) is 8.95. The van der Waals surface area contributed by atoms with Crippen LogP contribution in [0.25, 0.3) is 0 Å². The molecule has 21 heavy (non-hydrogen) atoms. The zero-order chi connectivity index (χ0) is 16.0. The Bertz CT molecular complexity index is 485. The van der Waals surface area contributed by atoms with Crippen molar-refractivity contribution in [1.82, 2.24) is 4.90 Å². The molecule has 1 atom stereocenters. The maximum Gasteiger partial charge on any atom is 0.416 e. The number of ether oxygens (including phenoxy) is 1. The van der Waals surface area contributed by atoms with Gasteiger partial charge in [0.1, 0.15) is 5.60 Å². The summed E-state index contributed by atoms with van der Waals surface area (Å²) in [7, 11) is 0. The first-order valence-electron chi connectivity index (χ1n) is 6.71. The number of aliphatic hydroxyl groups excluding tert-OH is 1. The molecule has 1 rings (SSSR count). The van der Waals surface area contributed by atoms with Crippen LogP contribution in [-0.4, -0.2) is 39.5 Å². The highest BCUT2D eigenvalue weighted by Crippen LogP contribution is 2.15. The van der Waals surface area contributed by atoms with Crippen LogP contribution in [0.2, 0.25) is 0 Å². The largest absolute Gasteiger partial charge is 0.443 e. The van der Waals surface area contributed by atoms with Crippen molar-refractivity contribution in [3.05, 3.63) is 35.9 Å². The van der Waals surface area contributed by atoms with Gasteiger partial charge in [-0.25, -0.2) is 9.69 Å². The lowest BCUT2D eigenvalue weighted by Gasteiger charge is -2.31. The molecule has 5 nitrogen and oxygen atoms in total. The molecule has 1 unspecified atom stereocenters. The fraction of sp³-hybridized carbons (Fsp3) is 0.467. The predicted molar refractivity (Wildman–Crippen MR) is 85.9 cm³/mol. The van der Waals surface area contributed by atoms with Gasteiger partial charge in [-0.1, -0.05) is 30.3 Å². The number of amides is 1. The molecule has 0 fully saturated rings. The monoisotopic (exact) mass is 310 g/mol. The first-order chi connectivity index (χ1) is 9.74. The smallest absolute Gasteiger partial charge is 0.416 e. The molecule has 0 aromatic heterocycles. The number of nitrogens with zero attached hydrogens (tertiary/aromatic N) is 1. The van der Waals surface area contributed by atoms with Gasteiger partial charge in [-0.2, -0.15) is 0 Å². The lowest BCUT2D eigenvalue weighted by Crippen LogP contribution is -2.51. The molecule has 6 heteroatoms. The van der Waals surface area contributed by atoms with Crippen LogP contribution in [0.5, 0.6) is 0 Å². The Labute approximate surface area is 130 Å². The van der Waals surface area contributed by atoms with Crippen LogP contribution in [0, 0.1) is 0 Å². The number of hydrogen-bond acceptors (Lipinski definition) is 4. The summed E-state index contributed by atoms with van der Waals surface area (Å²) in [5.74, 6) is 0. The Kier molecular flexibility index (Phi) is 6.11. The van der Waals surface area contributed by atoms with Crippen molar-refractivity contribution in [1.29, 1.82) is 0 Å². The van der Waals surface area contributed by atoms with Gasteiger partial charge in [0.25, 0.3) is 0 Å². The van der Waals surface area contributed by atoms with Crippen molar-refractivity contribution in [3.8, 4) is 0 Å². The van der Waals surface area contributed by atoms with Gasteiger partial charge in [-0.15, -0.1) is 0 Å². The summed E-state index contributed by atoms with van der Waals surface area (Å²) in [6.45, 7) is 5.01. The van der Waals surface area contributed by atoms with Gasteiger partial charge in [0.2, 0.25) is 0 Å². The van der Waals surface area contributed by atoms with E-state index in [1.165, 1.54) is 0 Å². The van der Waals surface area contributed by atoms with E-state index in [9.17, 15) is 9.90 Å². The van der Waals surface area contributed by atoms with Gasteiger partial charge in [-0.3, -0.25) is 0 Å². The van der Waals surface area contributed by atoms with Crippen molar-refractivity contribution in [2.45, 2.75) is 38.8 Å². The lowest BCUT2D eigenvalue weighted by atomic mass is 10.1. The van der Waals surface area contributed by atoms with Gasteiger partial charge in [0.05, 0.1) is 12.6 Å². The van der Waals surface area contributed by atoms with E-state index in [2.05, 4.69) is 0 Å². The van der Waals surface area contributed by atoms with Crippen LogP contribution >= 0.6 is 12.2 Å². The number of benzene rings is 1. The average molecular weight is 310 g/mol. The molecule has 0 spiro atoms. The minimum Gasteiger partial charge on any atom is -0.443 e. The normalized spacial score (nSPS) is 12.6. The van der Waals surface area contributed by atoms with Crippen molar-refractivity contribution in [3.63, 3.8) is 0 Å². The lowest BCUT2D eigenvalue weighted by molar-refractivity contribution is 0.0267. The highest BCUT2D eigenvalue weighted by molar-refractivity contribution is 7.80. The van der Waals surface area contributed by atoms with Crippen LogP contribution in [0.1, 0.15) is 26.3 Å². The Morgan fingerprint density at radius 1 is 1.38 bits per heavy atom. The molecule has 0 aliphatic carbocycles. The summed E-state index contributed by atoms with van der Waals surface area (Å²) >= 11 is 4.93. The predicted octanol–water partition coefficient (Wildman–Crippen LogP) is 2.07. The molecular weight excluding hydrogens is 288 g/mol. The van der Waals surface area contributed by atoms with Crippen molar-refractivity contribution < 1.29 is 14.6 Å². The average Bonchev–Trinajstić information content (AvgIpc) is 2.36. The molecule has 1 amide bonds. The van der Waals surface area contributed by atoms with Gasteiger partial charge in [0, 0.05) is 0 Å². The van der Waals surface area contributed by atoms with E-state index in [1.54, 1.807) is 20.8 Å². The van der Waals surface area contributed by atoms with E-state index >= 15 is 0 Å². The molecular formula is C15H22N2O3S. The quantitative estimate of drug-likeness (QED) is 0.833. The van der Waals surface area contributed by atoms with Crippen molar-refractivity contribution in [2.75, 3.05) is 6.61 Å². The minimum absolute atomic E-state index is 0.112. The van der Waals surface area contributed by atoms with Gasteiger partial charge < -0.3 is 15.6 Å². The number of rotatable bonds is 4. The maximum absolute atomic E-state index is 12.2.